The van der Waals surface area contributed by atoms with Crippen LogP contribution < -0.4 is 5.32 Å². The topological polar surface area (TPSA) is 124 Å². The van der Waals surface area contributed by atoms with E-state index in [9.17, 15) is 23.3 Å². The number of carbonyl (C=O) groups is 1. The molecule has 4 rings (SSSR count). The molecule has 9 nitrogen and oxygen atoms in total. The number of rotatable bonds is 5. The summed E-state index contributed by atoms with van der Waals surface area (Å²) in [5.41, 5.74) is 3.14. The van der Waals surface area contributed by atoms with Crippen LogP contribution in [0.25, 0.3) is 5.69 Å². The van der Waals surface area contributed by atoms with E-state index in [2.05, 4.69) is 10.4 Å². The van der Waals surface area contributed by atoms with E-state index in [1.807, 2.05) is 31.2 Å². The van der Waals surface area contributed by atoms with E-state index < -0.39 is 14.8 Å². The molecule has 1 aromatic heterocycles. The van der Waals surface area contributed by atoms with E-state index in [1.54, 1.807) is 4.68 Å². The van der Waals surface area contributed by atoms with Crippen molar-refractivity contribution in [2.45, 2.75) is 24.9 Å². The van der Waals surface area contributed by atoms with Gasteiger partial charge in [-0.05, 0) is 24.1 Å². The highest BCUT2D eigenvalue weighted by Gasteiger charge is 2.33. The van der Waals surface area contributed by atoms with Gasteiger partial charge < -0.3 is 5.32 Å². The third kappa shape index (κ3) is 3.81. The summed E-state index contributed by atoms with van der Waals surface area (Å²) in [6.45, 7) is 1.90. The first-order chi connectivity index (χ1) is 14.2. The van der Waals surface area contributed by atoms with Crippen LogP contribution in [0.1, 0.15) is 22.4 Å². The second kappa shape index (κ2) is 7.38. The molecule has 0 fully saturated rings. The second-order valence-corrected chi connectivity index (χ2v) is 9.22. The van der Waals surface area contributed by atoms with Crippen LogP contribution in [0.5, 0.6) is 0 Å². The van der Waals surface area contributed by atoms with Gasteiger partial charge >= 0.3 is 0 Å². The van der Waals surface area contributed by atoms with E-state index in [0.29, 0.717) is 22.6 Å². The van der Waals surface area contributed by atoms with Gasteiger partial charge in [0.2, 0.25) is 5.91 Å². The van der Waals surface area contributed by atoms with Crippen molar-refractivity contribution in [1.29, 1.82) is 0 Å². The molecule has 0 saturated carbocycles. The fourth-order valence-corrected chi connectivity index (χ4v) is 4.94. The number of aryl methyl sites for hydroxylation is 1. The molecule has 1 amide bonds. The third-order valence-electron chi connectivity index (χ3n) is 4.90. The van der Waals surface area contributed by atoms with Gasteiger partial charge in [-0.2, -0.15) is 5.10 Å². The molecule has 30 heavy (non-hydrogen) atoms. The summed E-state index contributed by atoms with van der Waals surface area (Å²) in [7, 11) is -3.29. The fourth-order valence-electron chi connectivity index (χ4n) is 3.44. The Morgan fingerprint density at radius 1 is 1.17 bits per heavy atom. The largest absolute Gasteiger partial charge is 0.310 e. The van der Waals surface area contributed by atoms with E-state index in [0.717, 1.165) is 11.3 Å². The first kappa shape index (κ1) is 19.8. The lowest BCUT2D eigenvalue weighted by Crippen LogP contribution is -2.19. The molecule has 154 valence electrons. The lowest BCUT2D eigenvalue weighted by atomic mass is 10.1. The highest BCUT2D eigenvalue weighted by molar-refractivity contribution is 7.90. The number of sulfone groups is 1. The number of carbonyl (C=O) groups excluding carboxylic acids is 1. The summed E-state index contributed by atoms with van der Waals surface area (Å²) in [5.74, 6) is -0.369. The maximum atomic E-state index is 12.7. The van der Waals surface area contributed by atoms with Crippen LogP contribution >= 0.6 is 0 Å². The number of para-hydroxylation sites is 1. The molecule has 1 N–H and O–H groups in total. The molecule has 0 aliphatic carbocycles. The minimum atomic E-state index is -3.29. The van der Waals surface area contributed by atoms with Crippen LogP contribution in [0.2, 0.25) is 0 Å². The van der Waals surface area contributed by atoms with Crippen molar-refractivity contribution in [3.63, 3.8) is 0 Å². The van der Waals surface area contributed by atoms with Gasteiger partial charge in [-0.3, -0.25) is 14.9 Å². The summed E-state index contributed by atoms with van der Waals surface area (Å²) >= 11 is 0. The normalized spacial score (nSPS) is 14.3. The first-order valence-corrected chi connectivity index (χ1v) is 11.0. The Bertz CT molecular complexity index is 1260. The number of nitrogens with one attached hydrogen (secondary N) is 1. The van der Waals surface area contributed by atoms with Gasteiger partial charge in [0.15, 0.2) is 9.84 Å². The van der Waals surface area contributed by atoms with Crippen molar-refractivity contribution < 1.29 is 18.1 Å². The second-order valence-electron chi connectivity index (χ2n) is 7.15. The molecule has 1 aliphatic heterocycles. The lowest BCUT2D eigenvalue weighted by molar-refractivity contribution is -0.384. The standard InChI is InChI=1S/C20H18N4O5S/c1-13-4-2-3-5-18(13)23-20(16-11-30(28,29)12-17(16)22-23)21-19(25)10-14-6-8-15(9-7-14)24(26)27/h2-9H,10-12H2,1H3,(H,21,25). The Kier molecular flexibility index (Phi) is 4.86. The molecular formula is C20H18N4O5S. The summed E-state index contributed by atoms with van der Waals surface area (Å²) in [6, 6.07) is 13.2. The number of fused-ring (bicyclic) bond motifs is 1. The van der Waals surface area contributed by atoms with Crippen LogP contribution in [-0.4, -0.2) is 29.0 Å². The number of non-ortho nitro benzene ring substituents is 1. The van der Waals surface area contributed by atoms with Gasteiger partial charge in [0.1, 0.15) is 5.82 Å². The number of benzene rings is 2. The van der Waals surface area contributed by atoms with Gasteiger partial charge in [-0.25, -0.2) is 13.1 Å². The lowest BCUT2D eigenvalue weighted by Gasteiger charge is -2.13. The number of nitro benzene ring substituents is 1. The van der Waals surface area contributed by atoms with Crippen LogP contribution in [-0.2, 0) is 32.6 Å². The van der Waals surface area contributed by atoms with Crippen LogP contribution in [0.3, 0.4) is 0 Å². The van der Waals surface area contributed by atoms with Gasteiger partial charge in [-0.1, -0.05) is 30.3 Å². The summed E-state index contributed by atoms with van der Waals surface area (Å²) in [6.07, 6.45) is -0.0154. The third-order valence-corrected chi connectivity index (χ3v) is 6.34. The van der Waals surface area contributed by atoms with Crippen molar-refractivity contribution in [1.82, 2.24) is 9.78 Å². The Balaban J connectivity index is 1.65. The average molecular weight is 426 g/mol. The van der Waals surface area contributed by atoms with Crippen molar-refractivity contribution in [3.05, 3.63) is 81.0 Å². The quantitative estimate of drug-likeness (QED) is 0.494. The van der Waals surface area contributed by atoms with E-state index >= 15 is 0 Å². The fraction of sp³-hybridized carbons (Fsp3) is 0.200. The van der Waals surface area contributed by atoms with Crippen molar-refractivity contribution in [2.24, 2.45) is 0 Å². The highest BCUT2D eigenvalue weighted by atomic mass is 32.2. The zero-order valence-corrected chi connectivity index (χ0v) is 16.8. The predicted octanol–water partition coefficient (Wildman–Crippen LogP) is 2.70. The molecular weight excluding hydrogens is 408 g/mol. The number of amides is 1. The maximum Gasteiger partial charge on any atom is 0.269 e. The molecule has 10 heteroatoms. The molecule has 0 spiro atoms. The first-order valence-electron chi connectivity index (χ1n) is 9.14. The zero-order valence-electron chi connectivity index (χ0n) is 16.0. The molecule has 0 bridgehead atoms. The molecule has 0 unspecified atom stereocenters. The van der Waals surface area contributed by atoms with E-state index in [4.69, 9.17) is 0 Å². The van der Waals surface area contributed by atoms with Crippen LogP contribution in [0.15, 0.2) is 48.5 Å². The Morgan fingerprint density at radius 2 is 1.87 bits per heavy atom. The van der Waals surface area contributed by atoms with Gasteiger partial charge in [0.25, 0.3) is 5.69 Å². The number of nitro groups is 1. The van der Waals surface area contributed by atoms with Crippen molar-refractivity contribution >= 4 is 27.2 Å². The molecule has 2 heterocycles. The molecule has 0 radical (unpaired) electrons. The molecule has 3 aromatic rings. The van der Waals surface area contributed by atoms with Gasteiger partial charge in [-0.15, -0.1) is 0 Å². The maximum absolute atomic E-state index is 12.7. The Hall–Kier alpha value is -3.53. The van der Waals surface area contributed by atoms with Gasteiger partial charge in [0, 0.05) is 17.7 Å². The predicted molar refractivity (Wildman–Crippen MR) is 110 cm³/mol. The van der Waals surface area contributed by atoms with Crippen LogP contribution in [0.4, 0.5) is 11.5 Å². The van der Waals surface area contributed by atoms with Gasteiger partial charge in [0.05, 0.1) is 34.2 Å². The number of hydrogen-bond donors (Lipinski definition) is 1. The molecule has 1 aliphatic rings. The molecule has 0 saturated heterocycles. The smallest absolute Gasteiger partial charge is 0.269 e. The SMILES string of the molecule is Cc1ccccc1-n1nc2c(c1NC(=O)Cc1ccc([N+](=O)[O-])cc1)CS(=O)(=O)C2. The number of anilines is 1. The molecule has 2 aromatic carbocycles. The van der Waals surface area contributed by atoms with Crippen LogP contribution in [0, 0.1) is 17.0 Å². The minimum absolute atomic E-state index is 0.0154. The summed E-state index contributed by atoms with van der Waals surface area (Å²) < 4.78 is 25.7. The Labute approximate surface area is 172 Å². The van der Waals surface area contributed by atoms with E-state index in [-0.39, 0.29) is 29.5 Å². The Morgan fingerprint density at radius 3 is 2.53 bits per heavy atom. The van der Waals surface area contributed by atoms with Crippen molar-refractivity contribution in [2.75, 3.05) is 5.32 Å². The highest BCUT2D eigenvalue weighted by Crippen LogP contribution is 2.33. The molecule has 0 atom stereocenters. The average Bonchev–Trinajstić information content (AvgIpc) is 3.15. The zero-order chi connectivity index (χ0) is 21.5. The number of aromatic nitrogens is 2. The minimum Gasteiger partial charge on any atom is -0.310 e. The summed E-state index contributed by atoms with van der Waals surface area (Å²) in [5, 5.41) is 18.0. The number of hydrogen-bond acceptors (Lipinski definition) is 6. The monoisotopic (exact) mass is 426 g/mol. The van der Waals surface area contributed by atoms with Crippen molar-refractivity contribution in [3.8, 4) is 5.69 Å². The van der Waals surface area contributed by atoms with E-state index in [1.165, 1.54) is 24.3 Å². The summed E-state index contributed by atoms with van der Waals surface area (Å²) in [4.78, 5) is 23.0. The number of nitrogens with zero attached hydrogens (tertiary/aromatic N) is 3.